The van der Waals surface area contributed by atoms with Crippen molar-refractivity contribution in [2.24, 2.45) is 11.8 Å². The number of ketones is 1. The van der Waals surface area contributed by atoms with E-state index in [4.69, 9.17) is 0 Å². The molecule has 0 fully saturated rings. The summed E-state index contributed by atoms with van der Waals surface area (Å²) in [5, 5.41) is 2.55. The van der Waals surface area contributed by atoms with E-state index in [0.717, 1.165) is 6.29 Å². The maximum atomic E-state index is 11.2. The van der Waals surface area contributed by atoms with E-state index in [2.05, 4.69) is 5.32 Å². The Morgan fingerprint density at radius 3 is 2.00 bits per heavy atom. The van der Waals surface area contributed by atoms with E-state index in [1.165, 1.54) is 13.8 Å². The van der Waals surface area contributed by atoms with Gasteiger partial charge in [0.1, 0.15) is 6.29 Å². The summed E-state index contributed by atoms with van der Waals surface area (Å²) in [7, 11) is 0. The molecule has 0 aromatic rings. The molecule has 0 aliphatic rings. The summed E-state index contributed by atoms with van der Waals surface area (Å²) in [6, 6.07) is -0.562. The molecular weight excluding hydrogens is 182 g/mol. The van der Waals surface area contributed by atoms with Crippen molar-refractivity contribution in [2.45, 2.75) is 33.7 Å². The fourth-order valence-corrected chi connectivity index (χ4v) is 1.25. The highest BCUT2D eigenvalue weighted by Gasteiger charge is 2.26. The lowest BCUT2D eigenvalue weighted by Crippen LogP contribution is -2.45. The average Bonchev–Trinajstić information content (AvgIpc) is 2.11. The molecule has 80 valence electrons. The van der Waals surface area contributed by atoms with Gasteiger partial charge >= 0.3 is 0 Å². The minimum absolute atomic E-state index is 0.124. The van der Waals surface area contributed by atoms with Gasteiger partial charge < -0.3 is 10.1 Å². The molecule has 0 bridgehead atoms. The first-order valence-corrected chi connectivity index (χ1v) is 4.63. The van der Waals surface area contributed by atoms with Crippen LogP contribution in [0.25, 0.3) is 0 Å². The predicted molar refractivity (Wildman–Crippen MR) is 52.7 cm³/mol. The van der Waals surface area contributed by atoms with Gasteiger partial charge in [0, 0.05) is 12.8 Å². The summed E-state index contributed by atoms with van der Waals surface area (Å²) < 4.78 is 0. The molecule has 0 saturated heterocycles. The second-order valence-corrected chi connectivity index (χ2v) is 3.64. The predicted octanol–water partition coefficient (Wildman–Crippen LogP) is 0.551. The Hall–Kier alpha value is -1.19. The zero-order valence-corrected chi connectivity index (χ0v) is 9.03. The normalized spacial score (nSPS) is 16.6. The lowest BCUT2D eigenvalue weighted by molar-refractivity contribution is -0.127. The first-order chi connectivity index (χ1) is 6.40. The van der Waals surface area contributed by atoms with Gasteiger partial charge in [0.25, 0.3) is 0 Å². The number of carbonyl (C=O) groups excluding carboxylic acids is 3. The Bertz CT molecular complexity index is 238. The third-order valence-electron chi connectivity index (χ3n) is 2.37. The molecule has 0 saturated carbocycles. The number of aldehydes is 1. The lowest BCUT2D eigenvalue weighted by atomic mass is 9.88. The highest BCUT2D eigenvalue weighted by molar-refractivity contribution is 5.87. The van der Waals surface area contributed by atoms with Crippen molar-refractivity contribution in [2.75, 3.05) is 0 Å². The zero-order chi connectivity index (χ0) is 11.3. The molecule has 0 spiro atoms. The van der Waals surface area contributed by atoms with Crippen LogP contribution in [0.2, 0.25) is 0 Å². The number of hydrogen-bond donors (Lipinski definition) is 1. The molecule has 4 nitrogen and oxygen atoms in total. The number of hydrogen-bond acceptors (Lipinski definition) is 3. The second-order valence-electron chi connectivity index (χ2n) is 3.64. The Kier molecular flexibility index (Phi) is 5.05. The summed E-state index contributed by atoms with van der Waals surface area (Å²) in [5.74, 6) is -0.791. The molecule has 0 unspecified atom stereocenters. The van der Waals surface area contributed by atoms with E-state index in [1.54, 1.807) is 13.8 Å². The van der Waals surface area contributed by atoms with E-state index in [1.807, 2.05) is 0 Å². The fourth-order valence-electron chi connectivity index (χ4n) is 1.25. The molecular formula is C10H17NO3. The minimum Gasteiger partial charge on any atom is -0.346 e. The quantitative estimate of drug-likeness (QED) is 0.658. The average molecular weight is 199 g/mol. The largest absolute Gasteiger partial charge is 0.346 e. The fraction of sp³-hybridized carbons (Fsp3) is 0.700. The van der Waals surface area contributed by atoms with Crippen LogP contribution >= 0.6 is 0 Å². The Labute approximate surface area is 84.1 Å². The lowest BCUT2D eigenvalue weighted by Gasteiger charge is -2.24. The number of rotatable bonds is 5. The van der Waals surface area contributed by atoms with E-state index >= 15 is 0 Å². The summed E-state index contributed by atoms with van der Waals surface area (Å²) in [6.07, 6.45) is 0.794. The summed E-state index contributed by atoms with van der Waals surface area (Å²) in [6.45, 7) is 6.28. The molecule has 0 heterocycles. The van der Waals surface area contributed by atoms with Crippen molar-refractivity contribution >= 4 is 18.0 Å². The van der Waals surface area contributed by atoms with Gasteiger partial charge in [-0.1, -0.05) is 13.8 Å². The molecule has 14 heavy (non-hydrogen) atoms. The molecule has 0 radical (unpaired) electrons. The number of nitrogens with one attached hydrogen (secondary N) is 1. The van der Waals surface area contributed by atoms with E-state index in [9.17, 15) is 14.4 Å². The van der Waals surface area contributed by atoms with Crippen LogP contribution < -0.4 is 5.32 Å². The smallest absolute Gasteiger partial charge is 0.217 e. The van der Waals surface area contributed by atoms with Gasteiger partial charge in [0.05, 0.1) is 6.04 Å². The van der Waals surface area contributed by atoms with Gasteiger partial charge in [-0.05, 0) is 12.8 Å². The van der Waals surface area contributed by atoms with Crippen LogP contribution in [-0.4, -0.2) is 24.0 Å². The zero-order valence-electron chi connectivity index (χ0n) is 9.03. The molecule has 4 heteroatoms. The van der Waals surface area contributed by atoms with Crippen molar-refractivity contribution in [3.05, 3.63) is 0 Å². The Balaban J connectivity index is 4.56. The van der Waals surface area contributed by atoms with E-state index in [-0.39, 0.29) is 23.5 Å². The molecule has 0 aromatic heterocycles. The summed E-state index contributed by atoms with van der Waals surface area (Å²) in [4.78, 5) is 32.6. The number of amides is 1. The van der Waals surface area contributed by atoms with Crippen LogP contribution in [0.3, 0.4) is 0 Å². The Morgan fingerprint density at radius 2 is 1.71 bits per heavy atom. The van der Waals surface area contributed by atoms with Crippen LogP contribution in [0.15, 0.2) is 0 Å². The SMILES string of the molecule is CC(=O)N[C@H](C(C)=O)[C@@H](C)[C@@H](C)C=O. The molecule has 1 N–H and O–H groups in total. The third kappa shape index (κ3) is 3.68. The first-order valence-electron chi connectivity index (χ1n) is 4.63. The van der Waals surface area contributed by atoms with Gasteiger partial charge in [-0.3, -0.25) is 9.59 Å². The maximum absolute atomic E-state index is 11.2. The molecule has 0 aromatic carbocycles. The van der Waals surface area contributed by atoms with Crippen molar-refractivity contribution in [1.82, 2.24) is 5.32 Å². The molecule has 0 rings (SSSR count). The van der Waals surface area contributed by atoms with Crippen LogP contribution in [0, 0.1) is 11.8 Å². The van der Waals surface area contributed by atoms with Crippen molar-refractivity contribution < 1.29 is 14.4 Å². The minimum atomic E-state index is -0.562. The van der Waals surface area contributed by atoms with Gasteiger partial charge in [0.15, 0.2) is 5.78 Å². The highest BCUT2D eigenvalue weighted by Crippen LogP contribution is 2.14. The van der Waals surface area contributed by atoms with Crippen LogP contribution in [0.1, 0.15) is 27.7 Å². The number of carbonyl (C=O) groups is 3. The number of Topliss-reactive ketones (excluding diaryl/α,β-unsaturated/α-hetero) is 1. The van der Waals surface area contributed by atoms with Gasteiger partial charge in [-0.2, -0.15) is 0 Å². The van der Waals surface area contributed by atoms with E-state index in [0.29, 0.717) is 0 Å². The summed E-state index contributed by atoms with van der Waals surface area (Å²) in [5.41, 5.74) is 0. The molecule has 0 aliphatic carbocycles. The molecule has 1 amide bonds. The second kappa shape index (κ2) is 5.52. The van der Waals surface area contributed by atoms with Gasteiger partial charge in [-0.15, -0.1) is 0 Å². The molecule has 0 aliphatic heterocycles. The van der Waals surface area contributed by atoms with Crippen molar-refractivity contribution in [3.8, 4) is 0 Å². The van der Waals surface area contributed by atoms with Crippen molar-refractivity contribution in [3.63, 3.8) is 0 Å². The Morgan fingerprint density at radius 1 is 1.21 bits per heavy atom. The monoisotopic (exact) mass is 199 g/mol. The first kappa shape index (κ1) is 12.8. The van der Waals surface area contributed by atoms with Gasteiger partial charge in [-0.25, -0.2) is 0 Å². The van der Waals surface area contributed by atoms with Crippen LogP contribution in [-0.2, 0) is 14.4 Å². The van der Waals surface area contributed by atoms with Crippen LogP contribution in [0.4, 0.5) is 0 Å². The highest BCUT2D eigenvalue weighted by atomic mass is 16.2. The standard InChI is InChI=1S/C10H17NO3/c1-6(5-12)7(2)10(8(3)13)11-9(4)14/h5-7,10H,1-4H3,(H,11,14)/t6-,7-,10-/m0/s1. The topological polar surface area (TPSA) is 63.2 Å². The summed E-state index contributed by atoms with van der Waals surface area (Å²) >= 11 is 0. The maximum Gasteiger partial charge on any atom is 0.217 e. The van der Waals surface area contributed by atoms with Gasteiger partial charge in [0.2, 0.25) is 5.91 Å². The molecule has 3 atom stereocenters. The van der Waals surface area contributed by atoms with Crippen LogP contribution in [0.5, 0.6) is 0 Å². The van der Waals surface area contributed by atoms with E-state index < -0.39 is 6.04 Å². The van der Waals surface area contributed by atoms with Crippen molar-refractivity contribution in [1.29, 1.82) is 0 Å². The third-order valence-corrected chi connectivity index (χ3v) is 2.37.